The summed E-state index contributed by atoms with van der Waals surface area (Å²) in [7, 11) is 0. The number of imidazole rings is 1. The first-order valence-corrected chi connectivity index (χ1v) is 7.21. The SMILES string of the molecule is NCCC1CCCN(Cc2nc3ccccc3[nH]2)C1. The molecule has 1 aliphatic rings. The van der Waals surface area contributed by atoms with E-state index in [0.29, 0.717) is 0 Å². The van der Waals surface area contributed by atoms with Crippen molar-refractivity contribution in [3.63, 3.8) is 0 Å². The maximum absolute atomic E-state index is 5.67. The van der Waals surface area contributed by atoms with Gasteiger partial charge in [-0.05, 0) is 50.4 Å². The Morgan fingerprint density at radius 1 is 1.37 bits per heavy atom. The van der Waals surface area contributed by atoms with E-state index in [9.17, 15) is 0 Å². The fourth-order valence-corrected chi connectivity index (χ4v) is 3.06. The van der Waals surface area contributed by atoms with Crippen LogP contribution in [0.4, 0.5) is 0 Å². The van der Waals surface area contributed by atoms with Gasteiger partial charge < -0.3 is 10.7 Å². The largest absolute Gasteiger partial charge is 0.341 e. The maximum atomic E-state index is 5.67. The number of aromatic amines is 1. The number of aromatic nitrogens is 2. The van der Waals surface area contributed by atoms with Crippen molar-refractivity contribution in [3.8, 4) is 0 Å². The number of nitrogens with one attached hydrogen (secondary N) is 1. The van der Waals surface area contributed by atoms with Gasteiger partial charge in [0.1, 0.15) is 5.82 Å². The van der Waals surface area contributed by atoms with E-state index in [0.717, 1.165) is 48.8 Å². The first-order chi connectivity index (χ1) is 9.35. The molecule has 0 amide bonds. The van der Waals surface area contributed by atoms with Gasteiger partial charge in [0, 0.05) is 6.54 Å². The zero-order valence-electron chi connectivity index (χ0n) is 11.3. The number of rotatable bonds is 4. The predicted molar refractivity (Wildman–Crippen MR) is 77.8 cm³/mol. The summed E-state index contributed by atoms with van der Waals surface area (Å²) in [5.41, 5.74) is 7.87. The molecule has 0 aliphatic carbocycles. The van der Waals surface area contributed by atoms with Crippen molar-refractivity contribution in [3.05, 3.63) is 30.1 Å². The number of fused-ring (bicyclic) bond motifs is 1. The van der Waals surface area contributed by atoms with Crippen molar-refractivity contribution in [1.29, 1.82) is 0 Å². The van der Waals surface area contributed by atoms with Crippen LogP contribution < -0.4 is 5.73 Å². The van der Waals surface area contributed by atoms with Gasteiger partial charge in [-0.25, -0.2) is 4.98 Å². The molecule has 1 aromatic carbocycles. The molecular weight excluding hydrogens is 236 g/mol. The van der Waals surface area contributed by atoms with Crippen molar-refractivity contribution in [2.24, 2.45) is 11.7 Å². The molecular formula is C15H22N4. The minimum atomic E-state index is 0.767. The Kier molecular flexibility index (Phi) is 3.80. The fourth-order valence-electron chi connectivity index (χ4n) is 3.06. The molecule has 1 unspecified atom stereocenters. The number of piperidine rings is 1. The second kappa shape index (κ2) is 5.72. The monoisotopic (exact) mass is 258 g/mol. The van der Waals surface area contributed by atoms with E-state index >= 15 is 0 Å². The van der Waals surface area contributed by atoms with Gasteiger partial charge in [-0.3, -0.25) is 4.90 Å². The maximum Gasteiger partial charge on any atom is 0.121 e. The Labute approximate surface area is 114 Å². The van der Waals surface area contributed by atoms with Crippen LogP contribution in [0.5, 0.6) is 0 Å². The molecule has 2 heterocycles. The quantitative estimate of drug-likeness (QED) is 0.883. The summed E-state index contributed by atoms with van der Waals surface area (Å²) in [5.74, 6) is 1.85. The van der Waals surface area contributed by atoms with Crippen molar-refractivity contribution >= 4 is 11.0 Å². The van der Waals surface area contributed by atoms with Gasteiger partial charge in [-0.1, -0.05) is 12.1 Å². The van der Waals surface area contributed by atoms with E-state index in [4.69, 9.17) is 5.73 Å². The number of H-pyrrole nitrogens is 1. The van der Waals surface area contributed by atoms with Crippen LogP contribution in [0.15, 0.2) is 24.3 Å². The Hall–Kier alpha value is -1.39. The van der Waals surface area contributed by atoms with Crippen molar-refractivity contribution in [2.75, 3.05) is 19.6 Å². The second-order valence-corrected chi connectivity index (χ2v) is 5.52. The molecule has 3 N–H and O–H groups in total. The molecule has 0 bridgehead atoms. The Morgan fingerprint density at radius 2 is 2.26 bits per heavy atom. The minimum Gasteiger partial charge on any atom is -0.341 e. The molecule has 4 nitrogen and oxygen atoms in total. The molecule has 1 aromatic heterocycles. The number of hydrogen-bond donors (Lipinski definition) is 2. The highest BCUT2D eigenvalue weighted by Crippen LogP contribution is 2.20. The van der Waals surface area contributed by atoms with Crippen LogP contribution in [0, 0.1) is 5.92 Å². The van der Waals surface area contributed by atoms with Crippen LogP contribution in [0.3, 0.4) is 0 Å². The number of hydrogen-bond acceptors (Lipinski definition) is 3. The van der Waals surface area contributed by atoms with Crippen LogP contribution in [0.2, 0.25) is 0 Å². The standard InChI is InChI=1S/C15H22N4/c16-8-7-12-4-3-9-19(10-12)11-15-17-13-5-1-2-6-14(13)18-15/h1-2,5-6,12H,3-4,7-11,16H2,(H,17,18). The molecule has 0 saturated carbocycles. The topological polar surface area (TPSA) is 57.9 Å². The molecule has 0 radical (unpaired) electrons. The van der Waals surface area contributed by atoms with E-state index in [1.54, 1.807) is 0 Å². The Bertz CT molecular complexity index is 499. The number of nitrogens with zero attached hydrogens (tertiary/aromatic N) is 2. The first-order valence-electron chi connectivity index (χ1n) is 7.21. The summed E-state index contributed by atoms with van der Waals surface area (Å²) in [4.78, 5) is 10.6. The van der Waals surface area contributed by atoms with E-state index in [-0.39, 0.29) is 0 Å². The van der Waals surface area contributed by atoms with E-state index < -0.39 is 0 Å². The van der Waals surface area contributed by atoms with Gasteiger partial charge in [-0.2, -0.15) is 0 Å². The predicted octanol–water partition coefficient (Wildman–Crippen LogP) is 2.12. The summed E-state index contributed by atoms with van der Waals surface area (Å²) in [6.07, 6.45) is 3.76. The minimum absolute atomic E-state index is 0.767. The summed E-state index contributed by atoms with van der Waals surface area (Å²) in [6, 6.07) is 8.22. The summed E-state index contributed by atoms with van der Waals surface area (Å²) in [5, 5.41) is 0. The number of para-hydroxylation sites is 2. The molecule has 1 saturated heterocycles. The van der Waals surface area contributed by atoms with Crippen molar-refractivity contribution in [2.45, 2.75) is 25.8 Å². The lowest BCUT2D eigenvalue weighted by molar-refractivity contribution is 0.160. The highest BCUT2D eigenvalue weighted by molar-refractivity contribution is 5.74. The first kappa shape index (κ1) is 12.6. The third kappa shape index (κ3) is 2.96. The van der Waals surface area contributed by atoms with Gasteiger partial charge in [0.25, 0.3) is 0 Å². The van der Waals surface area contributed by atoms with Crippen LogP contribution in [-0.2, 0) is 6.54 Å². The highest BCUT2D eigenvalue weighted by Gasteiger charge is 2.20. The number of benzene rings is 1. The number of likely N-dealkylation sites (tertiary alicyclic amines) is 1. The third-order valence-electron chi connectivity index (χ3n) is 3.99. The zero-order valence-corrected chi connectivity index (χ0v) is 11.3. The molecule has 4 heteroatoms. The average Bonchev–Trinajstić information content (AvgIpc) is 2.81. The highest BCUT2D eigenvalue weighted by atomic mass is 15.2. The summed E-state index contributed by atoms with van der Waals surface area (Å²) >= 11 is 0. The average molecular weight is 258 g/mol. The molecule has 19 heavy (non-hydrogen) atoms. The van der Waals surface area contributed by atoms with E-state index in [1.165, 1.54) is 19.4 Å². The van der Waals surface area contributed by atoms with Crippen LogP contribution in [-0.4, -0.2) is 34.5 Å². The van der Waals surface area contributed by atoms with Gasteiger partial charge in [0.05, 0.1) is 17.6 Å². The Morgan fingerprint density at radius 3 is 3.11 bits per heavy atom. The molecule has 1 fully saturated rings. The van der Waals surface area contributed by atoms with Gasteiger partial charge >= 0.3 is 0 Å². The molecule has 102 valence electrons. The molecule has 1 aliphatic heterocycles. The zero-order chi connectivity index (χ0) is 13.1. The lowest BCUT2D eigenvalue weighted by atomic mass is 9.95. The van der Waals surface area contributed by atoms with E-state index in [1.807, 2.05) is 12.1 Å². The summed E-state index contributed by atoms with van der Waals surface area (Å²) in [6.45, 7) is 4.07. The van der Waals surface area contributed by atoms with Crippen molar-refractivity contribution in [1.82, 2.24) is 14.9 Å². The lowest BCUT2D eigenvalue weighted by Crippen LogP contribution is -2.35. The van der Waals surface area contributed by atoms with Crippen LogP contribution >= 0.6 is 0 Å². The van der Waals surface area contributed by atoms with Crippen molar-refractivity contribution < 1.29 is 0 Å². The van der Waals surface area contributed by atoms with Gasteiger partial charge in [0.2, 0.25) is 0 Å². The lowest BCUT2D eigenvalue weighted by Gasteiger charge is -2.31. The van der Waals surface area contributed by atoms with Gasteiger partial charge in [0.15, 0.2) is 0 Å². The summed E-state index contributed by atoms with van der Waals surface area (Å²) < 4.78 is 0. The number of nitrogens with two attached hydrogens (primary N) is 1. The van der Waals surface area contributed by atoms with Crippen LogP contribution in [0.25, 0.3) is 11.0 Å². The van der Waals surface area contributed by atoms with E-state index in [2.05, 4.69) is 27.0 Å². The fraction of sp³-hybridized carbons (Fsp3) is 0.533. The molecule has 2 aromatic rings. The third-order valence-corrected chi connectivity index (χ3v) is 3.99. The second-order valence-electron chi connectivity index (χ2n) is 5.52. The smallest absolute Gasteiger partial charge is 0.121 e. The van der Waals surface area contributed by atoms with Gasteiger partial charge in [-0.15, -0.1) is 0 Å². The molecule has 0 spiro atoms. The Balaban J connectivity index is 1.67. The molecule has 3 rings (SSSR count). The normalized spacial score (nSPS) is 21.0. The van der Waals surface area contributed by atoms with Crippen LogP contribution in [0.1, 0.15) is 25.1 Å². The molecule has 1 atom stereocenters.